The van der Waals surface area contributed by atoms with Gasteiger partial charge in [-0.25, -0.2) is 0 Å². The van der Waals surface area contributed by atoms with Gasteiger partial charge in [0, 0.05) is 0 Å². The number of hydrogen-bond donors (Lipinski definition) is 1. The van der Waals surface area contributed by atoms with E-state index in [2.05, 4.69) is 34.6 Å². The van der Waals surface area contributed by atoms with E-state index < -0.39 is 12.8 Å². The van der Waals surface area contributed by atoms with Crippen molar-refractivity contribution in [3.8, 4) is 0 Å². The van der Waals surface area contributed by atoms with E-state index in [4.69, 9.17) is 4.52 Å². The predicted octanol–water partition coefficient (Wildman–Crippen LogP) is 6.79. The minimum Gasteiger partial charge on any atom is -0.324 e. The lowest BCUT2D eigenvalue weighted by atomic mass is 9.84. The molecule has 140 valence electrons. The van der Waals surface area contributed by atoms with E-state index in [1.165, 1.54) is 25.7 Å². The Labute approximate surface area is 145 Å². The van der Waals surface area contributed by atoms with Crippen LogP contribution in [-0.4, -0.2) is 16.7 Å². The highest BCUT2D eigenvalue weighted by atomic mass is 31.2. The Morgan fingerprint density at radius 2 is 1.52 bits per heavy atom. The average molecular weight is 349 g/mol. The second-order valence-electron chi connectivity index (χ2n) is 8.89. The monoisotopic (exact) mass is 348 g/mol. The first-order valence-electron chi connectivity index (χ1n) is 9.41. The van der Waals surface area contributed by atoms with Gasteiger partial charge in [0.2, 0.25) is 0 Å². The number of rotatable bonds is 12. The summed E-state index contributed by atoms with van der Waals surface area (Å²) < 4.78 is 18.2. The zero-order valence-corrected chi connectivity index (χ0v) is 17.5. The fourth-order valence-electron chi connectivity index (χ4n) is 3.10. The molecule has 0 aliphatic rings. The van der Waals surface area contributed by atoms with Gasteiger partial charge in [-0.05, 0) is 37.5 Å². The molecule has 0 aromatic carbocycles. The molecule has 0 aliphatic heterocycles. The fourth-order valence-corrected chi connectivity index (χ4v) is 4.86. The van der Waals surface area contributed by atoms with Crippen LogP contribution < -0.4 is 0 Å². The Morgan fingerprint density at radius 1 is 1.00 bits per heavy atom. The fraction of sp³-hybridized carbons (Fsp3) is 1.00. The van der Waals surface area contributed by atoms with Crippen LogP contribution >= 0.6 is 7.60 Å². The van der Waals surface area contributed by atoms with E-state index in [1.807, 2.05) is 13.8 Å². The Morgan fingerprint density at radius 3 is 2.00 bits per heavy atom. The first-order chi connectivity index (χ1) is 10.4. The summed E-state index contributed by atoms with van der Waals surface area (Å²) in [4.78, 5) is 10.4. The Hall–Kier alpha value is 0.150. The SMILES string of the molecule is CCC(C)(CC(C)(C)C)P(=O)(O)OCCCCCCCC(C)C. The molecular formula is C19H41O3P. The molecule has 0 aliphatic carbocycles. The smallest absolute Gasteiger partial charge is 0.324 e. The molecule has 1 N–H and O–H groups in total. The highest BCUT2D eigenvalue weighted by Crippen LogP contribution is 2.60. The highest BCUT2D eigenvalue weighted by molar-refractivity contribution is 7.54. The lowest BCUT2D eigenvalue weighted by Crippen LogP contribution is -2.31. The topological polar surface area (TPSA) is 46.5 Å². The van der Waals surface area contributed by atoms with Crippen molar-refractivity contribution in [2.45, 2.75) is 105 Å². The zero-order chi connectivity index (χ0) is 18.1. The van der Waals surface area contributed by atoms with Crippen LogP contribution in [0.2, 0.25) is 0 Å². The molecule has 0 aromatic heterocycles. The molecule has 4 heteroatoms. The molecular weight excluding hydrogens is 307 g/mol. The van der Waals surface area contributed by atoms with E-state index in [0.29, 0.717) is 19.4 Å². The van der Waals surface area contributed by atoms with Gasteiger partial charge in [-0.1, -0.05) is 73.6 Å². The Bertz CT molecular complexity index is 360. The third-order valence-electron chi connectivity index (χ3n) is 4.55. The van der Waals surface area contributed by atoms with Gasteiger partial charge in [0.25, 0.3) is 0 Å². The molecule has 0 spiro atoms. The molecule has 3 nitrogen and oxygen atoms in total. The van der Waals surface area contributed by atoms with Crippen LogP contribution in [0.3, 0.4) is 0 Å². The summed E-state index contributed by atoms with van der Waals surface area (Å²) in [7, 11) is -3.59. The van der Waals surface area contributed by atoms with Gasteiger partial charge in [-0.15, -0.1) is 0 Å². The van der Waals surface area contributed by atoms with Crippen molar-refractivity contribution in [2.24, 2.45) is 11.3 Å². The standard InChI is InChI=1S/C19H41O3P/c1-8-19(7,16-18(4,5)6)23(20,21)22-15-13-11-9-10-12-14-17(2)3/h17H,8-16H2,1-7H3,(H,20,21). The first-order valence-corrected chi connectivity index (χ1v) is 11.0. The van der Waals surface area contributed by atoms with E-state index >= 15 is 0 Å². The molecule has 0 aromatic rings. The minimum atomic E-state index is -3.59. The number of unbranched alkanes of at least 4 members (excludes halogenated alkanes) is 4. The van der Waals surface area contributed by atoms with E-state index in [1.54, 1.807) is 0 Å². The summed E-state index contributed by atoms with van der Waals surface area (Å²) in [5, 5.41) is -0.650. The van der Waals surface area contributed by atoms with Crippen LogP contribution in [0.1, 0.15) is 99.8 Å². The van der Waals surface area contributed by atoms with Crippen molar-refractivity contribution >= 4 is 7.60 Å². The van der Waals surface area contributed by atoms with E-state index in [-0.39, 0.29) is 5.41 Å². The highest BCUT2D eigenvalue weighted by Gasteiger charge is 2.45. The van der Waals surface area contributed by atoms with Crippen molar-refractivity contribution in [1.29, 1.82) is 0 Å². The molecule has 0 saturated carbocycles. The summed E-state index contributed by atoms with van der Waals surface area (Å²) in [6, 6.07) is 0. The van der Waals surface area contributed by atoms with Gasteiger partial charge in [-0.2, -0.15) is 0 Å². The van der Waals surface area contributed by atoms with E-state index in [0.717, 1.165) is 18.8 Å². The van der Waals surface area contributed by atoms with Crippen molar-refractivity contribution in [2.75, 3.05) is 6.61 Å². The third kappa shape index (κ3) is 9.89. The molecule has 2 atom stereocenters. The Balaban J connectivity index is 4.14. The van der Waals surface area contributed by atoms with E-state index in [9.17, 15) is 9.46 Å². The molecule has 2 unspecified atom stereocenters. The van der Waals surface area contributed by atoms with Gasteiger partial charge < -0.3 is 9.42 Å². The zero-order valence-electron chi connectivity index (χ0n) is 16.7. The van der Waals surface area contributed by atoms with Gasteiger partial charge in [0.1, 0.15) is 0 Å². The van der Waals surface area contributed by atoms with Crippen molar-refractivity contribution in [3.05, 3.63) is 0 Å². The van der Waals surface area contributed by atoms with Gasteiger partial charge in [0.15, 0.2) is 0 Å². The van der Waals surface area contributed by atoms with Crippen LogP contribution in [0.5, 0.6) is 0 Å². The van der Waals surface area contributed by atoms with Crippen LogP contribution in [0.25, 0.3) is 0 Å². The lowest BCUT2D eigenvalue weighted by Gasteiger charge is -2.37. The summed E-state index contributed by atoms with van der Waals surface area (Å²) in [5.41, 5.74) is 0.0168. The maximum atomic E-state index is 12.7. The van der Waals surface area contributed by atoms with Crippen LogP contribution in [0, 0.1) is 11.3 Å². The van der Waals surface area contributed by atoms with Crippen LogP contribution in [0.15, 0.2) is 0 Å². The van der Waals surface area contributed by atoms with Crippen molar-refractivity contribution < 1.29 is 14.0 Å². The molecule has 0 saturated heterocycles. The van der Waals surface area contributed by atoms with Gasteiger partial charge in [0.05, 0.1) is 11.8 Å². The van der Waals surface area contributed by atoms with Crippen LogP contribution in [-0.2, 0) is 9.09 Å². The quantitative estimate of drug-likeness (QED) is 0.312. The molecule has 0 bridgehead atoms. The third-order valence-corrected chi connectivity index (χ3v) is 6.92. The molecule has 23 heavy (non-hydrogen) atoms. The second-order valence-corrected chi connectivity index (χ2v) is 11.3. The van der Waals surface area contributed by atoms with Crippen molar-refractivity contribution in [3.63, 3.8) is 0 Å². The molecule has 0 heterocycles. The largest absolute Gasteiger partial charge is 0.333 e. The molecule has 0 amide bonds. The molecule has 0 rings (SSSR count). The predicted molar refractivity (Wildman–Crippen MR) is 101 cm³/mol. The molecule has 0 radical (unpaired) electrons. The maximum absolute atomic E-state index is 12.7. The second kappa shape index (κ2) is 10.2. The van der Waals surface area contributed by atoms with Gasteiger partial charge >= 0.3 is 7.60 Å². The molecule has 0 fully saturated rings. The normalized spacial score (nSPS) is 18.0. The Kier molecular flexibility index (Phi) is 10.3. The van der Waals surface area contributed by atoms with Gasteiger partial charge in [-0.3, -0.25) is 4.57 Å². The van der Waals surface area contributed by atoms with Crippen molar-refractivity contribution in [1.82, 2.24) is 0 Å². The minimum absolute atomic E-state index is 0.0168. The summed E-state index contributed by atoms with van der Waals surface area (Å²) >= 11 is 0. The maximum Gasteiger partial charge on any atom is 0.333 e. The first kappa shape index (κ1) is 23.1. The lowest BCUT2D eigenvalue weighted by molar-refractivity contribution is 0.206. The summed E-state index contributed by atoms with van der Waals surface area (Å²) in [5.74, 6) is 0.785. The summed E-state index contributed by atoms with van der Waals surface area (Å²) in [6.07, 6.45) is 8.35. The number of hydrogen-bond acceptors (Lipinski definition) is 2. The average Bonchev–Trinajstić information content (AvgIpc) is 2.39. The summed E-state index contributed by atoms with van der Waals surface area (Å²) in [6.45, 7) is 15.1. The van der Waals surface area contributed by atoms with Crippen LogP contribution in [0.4, 0.5) is 0 Å².